The Morgan fingerprint density at radius 3 is 2.32 bits per heavy atom. The fourth-order valence-electron chi connectivity index (χ4n) is 4.49. The third kappa shape index (κ3) is 6.89. The Bertz CT molecular complexity index is 1930. The van der Waals surface area contributed by atoms with E-state index in [1.807, 2.05) is 0 Å². The van der Waals surface area contributed by atoms with Gasteiger partial charge in [0.15, 0.2) is 10.5 Å². The van der Waals surface area contributed by atoms with Gasteiger partial charge in [0.2, 0.25) is 0 Å². The van der Waals surface area contributed by atoms with E-state index in [0.29, 0.717) is 16.3 Å². The maximum Gasteiger partial charge on any atom is 0.434 e. The van der Waals surface area contributed by atoms with Gasteiger partial charge in [-0.25, -0.2) is 14.2 Å². The first-order valence-corrected chi connectivity index (χ1v) is 16.1. The van der Waals surface area contributed by atoms with Gasteiger partial charge in [0.1, 0.15) is 18.2 Å². The number of aromatic nitrogens is 1. The maximum atomic E-state index is 14.3. The number of halogens is 7. The normalized spacial score (nSPS) is 15.2. The number of rotatable bonds is 7. The summed E-state index contributed by atoms with van der Waals surface area (Å²) in [7, 11) is 0. The summed E-state index contributed by atoms with van der Waals surface area (Å²) >= 11 is 11.0. The molecule has 1 aliphatic rings. The van der Waals surface area contributed by atoms with Crippen LogP contribution in [0.1, 0.15) is 29.7 Å². The highest BCUT2D eigenvalue weighted by molar-refractivity contribution is 14.1. The number of hydrogen-bond acceptors (Lipinski definition) is 6. The third-order valence-corrected chi connectivity index (χ3v) is 9.23. The van der Waals surface area contributed by atoms with Crippen LogP contribution in [0.4, 0.5) is 17.6 Å². The monoisotopic (exact) mass is 868 g/mol. The van der Waals surface area contributed by atoms with Gasteiger partial charge in [-0.05, 0) is 111 Å². The highest BCUT2D eigenvalue weighted by Gasteiger charge is 2.45. The van der Waals surface area contributed by atoms with Gasteiger partial charge in [-0.1, -0.05) is 47.2 Å². The van der Waals surface area contributed by atoms with Crippen molar-refractivity contribution in [1.29, 1.82) is 0 Å². The summed E-state index contributed by atoms with van der Waals surface area (Å²) < 4.78 is 69.7. The van der Waals surface area contributed by atoms with Crippen molar-refractivity contribution in [3.63, 3.8) is 0 Å². The highest BCUT2D eigenvalue weighted by atomic mass is 127. The topological polar surface area (TPSA) is 69.9 Å². The van der Waals surface area contributed by atoms with Crippen molar-refractivity contribution in [2.24, 2.45) is 4.99 Å². The number of benzene rings is 3. The van der Waals surface area contributed by atoms with E-state index in [4.69, 9.17) is 21.1 Å². The molecule has 0 saturated heterocycles. The van der Waals surface area contributed by atoms with E-state index in [1.54, 1.807) is 30.3 Å². The fraction of sp³-hybridized carbons (Fsp3) is 0.167. The molecule has 0 fully saturated rings. The molecule has 0 amide bonds. The average Bonchev–Trinajstić information content (AvgIpc) is 3.27. The first-order chi connectivity index (χ1) is 20.9. The Kier molecular flexibility index (Phi) is 9.87. The Morgan fingerprint density at radius 2 is 1.73 bits per heavy atom. The van der Waals surface area contributed by atoms with E-state index in [2.05, 4.69) is 50.2 Å². The maximum absolute atomic E-state index is 14.3. The minimum absolute atomic E-state index is 0.112. The van der Waals surface area contributed by atoms with Gasteiger partial charge in [-0.15, -0.1) is 0 Å². The largest absolute Gasteiger partial charge is 0.487 e. The Hall–Kier alpha value is -2.76. The van der Waals surface area contributed by atoms with Gasteiger partial charge >= 0.3 is 12.1 Å². The van der Waals surface area contributed by atoms with E-state index in [-0.39, 0.29) is 33.9 Å². The predicted octanol–water partition coefficient (Wildman–Crippen LogP) is 6.92. The van der Waals surface area contributed by atoms with Gasteiger partial charge in [-0.2, -0.15) is 13.2 Å². The van der Waals surface area contributed by atoms with Crippen molar-refractivity contribution in [2.45, 2.75) is 25.7 Å². The Balaban J connectivity index is 1.61. The Labute approximate surface area is 284 Å². The highest BCUT2D eigenvalue weighted by Crippen LogP contribution is 2.38. The molecule has 4 aromatic rings. The van der Waals surface area contributed by atoms with Crippen LogP contribution in [0.2, 0.25) is 5.02 Å². The fourth-order valence-corrected chi connectivity index (χ4v) is 7.74. The molecule has 1 aliphatic heterocycles. The van der Waals surface area contributed by atoms with E-state index in [1.165, 1.54) is 43.3 Å². The number of thiazole rings is 1. The van der Waals surface area contributed by atoms with Crippen LogP contribution < -0.4 is 19.6 Å². The van der Waals surface area contributed by atoms with Crippen molar-refractivity contribution in [1.82, 2.24) is 4.57 Å². The number of hydrogen-bond donors (Lipinski definition) is 0. The number of fused-ring (bicyclic) bond motifs is 1. The molecule has 0 aliphatic carbocycles. The van der Waals surface area contributed by atoms with Gasteiger partial charge < -0.3 is 9.47 Å². The standard InChI is InChI=1S/C30H19ClF4I2N2O4S/c1-2-42-28(41)23-24(17-5-7-18(31)8-6-17)39-27(40)22(44-29(39)38-26(23)30(33,34)35)13-16-11-20(36)25(21(37)12-16)43-14-15-3-9-19(32)10-4-15/h3-13,24H,2,14H2,1H3/b22-13-/t24-/m0/s1. The number of alkyl halides is 3. The van der Waals surface area contributed by atoms with Crippen molar-refractivity contribution >= 4 is 80.2 Å². The van der Waals surface area contributed by atoms with Crippen LogP contribution >= 0.6 is 68.1 Å². The molecule has 14 heteroatoms. The van der Waals surface area contributed by atoms with Gasteiger partial charge in [0.05, 0.1) is 29.9 Å². The molecule has 0 unspecified atom stereocenters. The summed E-state index contributed by atoms with van der Waals surface area (Å²) in [5.74, 6) is -0.984. The van der Waals surface area contributed by atoms with Crippen LogP contribution in [0.15, 0.2) is 81.7 Å². The van der Waals surface area contributed by atoms with Gasteiger partial charge in [0.25, 0.3) is 5.56 Å². The molecule has 1 aromatic heterocycles. The summed E-state index contributed by atoms with van der Waals surface area (Å²) in [5.41, 5.74) is -1.23. The van der Waals surface area contributed by atoms with Crippen molar-refractivity contribution in [2.75, 3.05) is 6.61 Å². The second-order valence-corrected chi connectivity index (χ2v) is 13.1. The summed E-state index contributed by atoms with van der Waals surface area (Å²) in [6, 6.07) is 13.9. The smallest absolute Gasteiger partial charge is 0.434 e. The van der Waals surface area contributed by atoms with Crippen LogP contribution in [-0.4, -0.2) is 23.3 Å². The molecule has 44 heavy (non-hydrogen) atoms. The van der Waals surface area contributed by atoms with Crippen LogP contribution in [0.5, 0.6) is 5.75 Å². The average molecular weight is 869 g/mol. The summed E-state index contributed by atoms with van der Waals surface area (Å²) in [6.07, 6.45) is -3.45. The molecule has 0 bridgehead atoms. The lowest BCUT2D eigenvalue weighted by atomic mass is 9.95. The molecule has 5 rings (SSSR count). The lowest BCUT2D eigenvalue weighted by Crippen LogP contribution is -2.41. The van der Waals surface area contributed by atoms with E-state index in [9.17, 15) is 27.2 Å². The Morgan fingerprint density at radius 1 is 1.09 bits per heavy atom. The van der Waals surface area contributed by atoms with Crippen LogP contribution in [0, 0.1) is 13.0 Å². The molecule has 0 saturated carbocycles. The zero-order chi connectivity index (χ0) is 31.8. The minimum Gasteiger partial charge on any atom is -0.487 e. The molecule has 228 valence electrons. The van der Waals surface area contributed by atoms with Crippen LogP contribution in [0.25, 0.3) is 6.08 Å². The number of nitrogens with zero attached hydrogens (tertiary/aromatic N) is 2. The summed E-state index contributed by atoms with van der Waals surface area (Å²) in [4.78, 5) is 30.3. The third-order valence-electron chi connectivity index (χ3n) is 6.40. The molecule has 0 N–H and O–H groups in total. The predicted molar refractivity (Wildman–Crippen MR) is 175 cm³/mol. The van der Waals surface area contributed by atoms with Gasteiger partial charge in [-0.3, -0.25) is 9.36 Å². The van der Waals surface area contributed by atoms with E-state index < -0.39 is 35.0 Å². The van der Waals surface area contributed by atoms with Crippen LogP contribution in [0.3, 0.4) is 0 Å². The molecular formula is C30H19ClF4I2N2O4S. The zero-order valence-electron chi connectivity index (χ0n) is 22.4. The van der Waals surface area contributed by atoms with E-state index in [0.717, 1.165) is 28.6 Å². The number of ether oxygens (including phenoxy) is 2. The van der Waals surface area contributed by atoms with Crippen molar-refractivity contribution in [3.8, 4) is 5.75 Å². The van der Waals surface area contributed by atoms with Crippen molar-refractivity contribution < 1.29 is 31.8 Å². The number of carbonyl (C=O) groups excluding carboxylic acids is 1. The quantitative estimate of drug-likeness (QED) is 0.115. The zero-order valence-corrected chi connectivity index (χ0v) is 28.3. The number of allylic oxidation sites excluding steroid dienone is 1. The molecule has 1 atom stereocenters. The molecule has 3 aromatic carbocycles. The SMILES string of the molecule is CCOC(=O)C1=C(C(F)(F)F)N=c2s/c(=C\c3cc(I)c(OCc4ccc(F)cc4)c(I)c3)c(=O)n2[C@H]1c1ccc(Cl)cc1. The van der Waals surface area contributed by atoms with Crippen molar-refractivity contribution in [3.05, 3.63) is 126 Å². The summed E-state index contributed by atoms with van der Waals surface area (Å²) in [5, 5.41) is 0.327. The molecule has 0 spiro atoms. The summed E-state index contributed by atoms with van der Waals surface area (Å²) in [6.45, 7) is 1.51. The second kappa shape index (κ2) is 13.3. The first kappa shape index (κ1) is 32.6. The molecule has 2 heterocycles. The van der Waals surface area contributed by atoms with E-state index >= 15 is 0 Å². The lowest BCUT2D eigenvalue weighted by Gasteiger charge is -2.26. The second-order valence-electron chi connectivity index (χ2n) is 9.34. The minimum atomic E-state index is -5.00. The number of esters is 1. The molecule has 0 radical (unpaired) electrons. The number of carbonyl (C=O) groups is 1. The van der Waals surface area contributed by atoms with Gasteiger partial charge in [0, 0.05) is 5.02 Å². The lowest BCUT2D eigenvalue weighted by molar-refractivity contribution is -0.140. The molecular weight excluding hydrogens is 850 g/mol. The first-order valence-electron chi connectivity index (χ1n) is 12.8. The molecule has 6 nitrogen and oxygen atoms in total. The van der Waals surface area contributed by atoms with Crippen LogP contribution in [-0.2, 0) is 16.1 Å².